The molecule has 1 N–H and O–H groups in total. The zero-order valence-corrected chi connectivity index (χ0v) is 11.9. The van der Waals surface area contributed by atoms with E-state index < -0.39 is 6.04 Å². The number of benzene rings is 1. The maximum Gasteiger partial charge on any atom is 0.251 e. The molecule has 0 spiro atoms. The molecule has 1 saturated heterocycles. The summed E-state index contributed by atoms with van der Waals surface area (Å²) in [5.41, 5.74) is 0.482. The van der Waals surface area contributed by atoms with Gasteiger partial charge in [0.1, 0.15) is 6.04 Å². The van der Waals surface area contributed by atoms with Gasteiger partial charge in [-0.15, -0.1) is 0 Å². The molecule has 1 aliphatic heterocycles. The SMILES string of the molecule is CN1C(=O)CCC(NC(=O)c2ccc(Br)cc2)C1=O. The molecule has 2 rings (SSSR count). The Morgan fingerprint density at radius 3 is 2.58 bits per heavy atom. The lowest BCUT2D eigenvalue weighted by atomic mass is 10.0. The van der Waals surface area contributed by atoms with E-state index in [2.05, 4.69) is 21.2 Å². The van der Waals surface area contributed by atoms with E-state index in [1.807, 2.05) is 0 Å². The van der Waals surface area contributed by atoms with Crippen molar-refractivity contribution >= 4 is 33.7 Å². The third-order valence-electron chi connectivity index (χ3n) is 3.06. The van der Waals surface area contributed by atoms with Crippen molar-refractivity contribution in [3.63, 3.8) is 0 Å². The van der Waals surface area contributed by atoms with E-state index >= 15 is 0 Å². The smallest absolute Gasteiger partial charge is 0.251 e. The Bertz CT molecular complexity index is 527. The minimum atomic E-state index is -0.626. The Kier molecular flexibility index (Phi) is 3.99. The van der Waals surface area contributed by atoms with Gasteiger partial charge in [0, 0.05) is 23.5 Å². The second-order valence-electron chi connectivity index (χ2n) is 4.36. The summed E-state index contributed by atoms with van der Waals surface area (Å²) < 4.78 is 0.878. The van der Waals surface area contributed by atoms with Crippen molar-refractivity contribution in [1.29, 1.82) is 0 Å². The van der Waals surface area contributed by atoms with Crippen LogP contribution in [0.2, 0.25) is 0 Å². The molecule has 100 valence electrons. The van der Waals surface area contributed by atoms with Gasteiger partial charge >= 0.3 is 0 Å². The van der Waals surface area contributed by atoms with Gasteiger partial charge in [-0.1, -0.05) is 15.9 Å². The van der Waals surface area contributed by atoms with Gasteiger partial charge in [0.05, 0.1) is 0 Å². The predicted octanol–water partition coefficient (Wildman–Crippen LogP) is 1.33. The fraction of sp³-hybridized carbons (Fsp3) is 0.308. The second-order valence-corrected chi connectivity index (χ2v) is 5.28. The number of nitrogens with one attached hydrogen (secondary N) is 1. The quantitative estimate of drug-likeness (QED) is 0.834. The number of likely N-dealkylation sites (N-methyl/N-ethyl adjacent to an activating group) is 1. The minimum absolute atomic E-state index is 0.209. The van der Waals surface area contributed by atoms with Gasteiger partial charge in [0.15, 0.2) is 0 Å². The Morgan fingerprint density at radius 1 is 1.32 bits per heavy atom. The van der Waals surface area contributed by atoms with Crippen LogP contribution in [0.15, 0.2) is 28.7 Å². The first-order valence-corrected chi connectivity index (χ1v) is 6.65. The number of hydrogen-bond donors (Lipinski definition) is 1. The first-order valence-electron chi connectivity index (χ1n) is 5.86. The lowest BCUT2D eigenvalue weighted by Gasteiger charge is -2.28. The van der Waals surface area contributed by atoms with Crippen LogP contribution in [0.5, 0.6) is 0 Å². The van der Waals surface area contributed by atoms with Gasteiger partial charge < -0.3 is 5.32 Å². The highest BCUT2D eigenvalue weighted by molar-refractivity contribution is 9.10. The third kappa shape index (κ3) is 3.01. The van der Waals surface area contributed by atoms with E-state index in [4.69, 9.17) is 0 Å². The van der Waals surface area contributed by atoms with Gasteiger partial charge in [0.25, 0.3) is 11.8 Å². The molecule has 0 bridgehead atoms. The molecule has 19 heavy (non-hydrogen) atoms. The number of likely N-dealkylation sites (tertiary alicyclic amines) is 1. The van der Waals surface area contributed by atoms with Crippen LogP contribution in [0.25, 0.3) is 0 Å². The van der Waals surface area contributed by atoms with Gasteiger partial charge in [-0.05, 0) is 30.7 Å². The van der Waals surface area contributed by atoms with Gasteiger partial charge in [-0.25, -0.2) is 0 Å². The largest absolute Gasteiger partial charge is 0.340 e. The van der Waals surface area contributed by atoms with Gasteiger partial charge in [-0.3, -0.25) is 19.3 Å². The Hall–Kier alpha value is -1.69. The zero-order valence-electron chi connectivity index (χ0n) is 10.4. The van der Waals surface area contributed by atoms with Crippen LogP contribution in [0.1, 0.15) is 23.2 Å². The van der Waals surface area contributed by atoms with E-state index in [1.54, 1.807) is 24.3 Å². The number of rotatable bonds is 2. The third-order valence-corrected chi connectivity index (χ3v) is 3.59. The van der Waals surface area contributed by atoms with Crippen LogP contribution in [-0.4, -0.2) is 35.7 Å². The normalized spacial score (nSPS) is 19.5. The Morgan fingerprint density at radius 2 is 1.95 bits per heavy atom. The molecule has 1 heterocycles. The molecule has 1 aromatic rings. The summed E-state index contributed by atoms with van der Waals surface area (Å²) in [4.78, 5) is 36.2. The highest BCUT2D eigenvalue weighted by atomic mass is 79.9. The summed E-state index contributed by atoms with van der Waals surface area (Å²) in [6, 6.07) is 6.22. The van der Waals surface area contributed by atoms with Crippen molar-refractivity contribution in [3.8, 4) is 0 Å². The summed E-state index contributed by atoms with van der Waals surface area (Å²) in [7, 11) is 1.43. The Labute approximate surface area is 119 Å². The van der Waals surface area contributed by atoms with E-state index in [0.717, 1.165) is 9.37 Å². The van der Waals surface area contributed by atoms with Crippen LogP contribution in [0.3, 0.4) is 0 Å². The van der Waals surface area contributed by atoms with Crippen LogP contribution < -0.4 is 5.32 Å². The summed E-state index contributed by atoms with van der Waals surface area (Å²) >= 11 is 3.29. The number of amides is 3. The van der Waals surface area contributed by atoms with Crippen LogP contribution in [0.4, 0.5) is 0 Å². The van der Waals surface area contributed by atoms with E-state index in [-0.39, 0.29) is 24.1 Å². The minimum Gasteiger partial charge on any atom is -0.340 e. The van der Waals surface area contributed by atoms with Crippen molar-refractivity contribution in [1.82, 2.24) is 10.2 Å². The maximum absolute atomic E-state index is 12.0. The summed E-state index contributed by atoms with van der Waals surface area (Å²) in [6.07, 6.45) is 0.623. The van der Waals surface area contributed by atoms with Crippen molar-refractivity contribution in [2.75, 3.05) is 7.05 Å². The van der Waals surface area contributed by atoms with E-state index in [1.165, 1.54) is 7.05 Å². The monoisotopic (exact) mass is 324 g/mol. The summed E-state index contributed by atoms with van der Waals surface area (Å²) in [5, 5.41) is 2.66. The van der Waals surface area contributed by atoms with Crippen LogP contribution in [-0.2, 0) is 9.59 Å². The summed E-state index contributed by atoms with van der Waals surface area (Å²) in [6.45, 7) is 0. The molecule has 3 amide bonds. The number of hydrogen-bond acceptors (Lipinski definition) is 3. The number of piperidine rings is 1. The maximum atomic E-state index is 12.0. The Balaban J connectivity index is 2.05. The van der Waals surface area contributed by atoms with Crippen LogP contribution in [0, 0.1) is 0 Å². The van der Waals surface area contributed by atoms with E-state index in [0.29, 0.717) is 12.0 Å². The molecular weight excluding hydrogens is 312 g/mol. The average Bonchev–Trinajstić information content (AvgIpc) is 2.40. The number of nitrogens with zero attached hydrogens (tertiary/aromatic N) is 1. The molecule has 0 aliphatic carbocycles. The van der Waals surface area contributed by atoms with Crippen molar-refractivity contribution in [2.45, 2.75) is 18.9 Å². The molecule has 0 aromatic heterocycles. The number of carbonyl (C=O) groups excluding carboxylic acids is 3. The molecule has 1 unspecified atom stereocenters. The fourth-order valence-corrected chi connectivity index (χ4v) is 2.16. The standard InChI is InChI=1S/C13H13BrN2O3/c1-16-11(17)7-6-10(13(16)19)15-12(18)8-2-4-9(14)5-3-8/h2-5,10H,6-7H2,1H3,(H,15,18). The van der Waals surface area contributed by atoms with Crippen LogP contribution >= 0.6 is 15.9 Å². The molecule has 6 heteroatoms. The van der Waals surface area contributed by atoms with E-state index in [9.17, 15) is 14.4 Å². The van der Waals surface area contributed by atoms with Gasteiger partial charge in [-0.2, -0.15) is 0 Å². The first kappa shape index (κ1) is 13.7. The first-order chi connectivity index (χ1) is 8.99. The number of halogens is 1. The zero-order chi connectivity index (χ0) is 14.0. The highest BCUT2D eigenvalue weighted by Crippen LogP contribution is 2.14. The lowest BCUT2D eigenvalue weighted by molar-refractivity contribution is -0.147. The van der Waals surface area contributed by atoms with Crippen molar-refractivity contribution in [3.05, 3.63) is 34.3 Å². The summed E-state index contributed by atoms with van der Waals surface area (Å²) in [5.74, 6) is -0.880. The molecule has 1 fully saturated rings. The lowest BCUT2D eigenvalue weighted by Crippen LogP contribution is -2.52. The fourth-order valence-electron chi connectivity index (χ4n) is 1.89. The number of carbonyl (C=O) groups is 3. The molecular formula is C13H13BrN2O3. The molecule has 1 aliphatic rings. The second kappa shape index (κ2) is 5.52. The molecule has 1 aromatic carbocycles. The topological polar surface area (TPSA) is 66.5 Å². The highest BCUT2D eigenvalue weighted by Gasteiger charge is 2.32. The predicted molar refractivity (Wildman–Crippen MR) is 72.4 cm³/mol. The molecule has 0 saturated carbocycles. The van der Waals surface area contributed by atoms with Crippen molar-refractivity contribution in [2.24, 2.45) is 0 Å². The molecule has 0 radical (unpaired) electrons. The number of imide groups is 1. The van der Waals surface area contributed by atoms with Gasteiger partial charge in [0.2, 0.25) is 5.91 Å². The van der Waals surface area contributed by atoms with Crippen molar-refractivity contribution < 1.29 is 14.4 Å². The average molecular weight is 325 g/mol. The molecule has 5 nitrogen and oxygen atoms in total. The molecule has 1 atom stereocenters.